The van der Waals surface area contributed by atoms with Gasteiger partial charge in [0.05, 0.1) is 15.7 Å². The Morgan fingerprint density at radius 3 is 3.00 bits per heavy atom. The minimum atomic E-state index is -0.202. The Kier molecular flexibility index (Phi) is 4.81. The average Bonchev–Trinajstić information content (AvgIpc) is 2.82. The van der Waals surface area contributed by atoms with Crippen LogP contribution in [0, 0.1) is 5.41 Å². The maximum absolute atomic E-state index is 12.4. The second-order valence-corrected chi connectivity index (χ2v) is 7.35. The van der Waals surface area contributed by atoms with Crippen LogP contribution in [0.4, 0.5) is 0 Å². The Morgan fingerprint density at radius 2 is 2.44 bits per heavy atom. The zero-order valence-corrected chi connectivity index (χ0v) is 13.0. The summed E-state index contributed by atoms with van der Waals surface area (Å²) in [6.07, 6.45) is 2.99. The summed E-state index contributed by atoms with van der Waals surface area (Å²) < 4.78 is 1.11. The molecule has 0 radical (unpaired) electrons. The molecule has 0 bridgehead atoms. The lowest BCUT2D eigenvalue weighted by atomic mass is 9.77. The number of thiophene rings is 1. The van der Waals surface area contributed by atoms with Crippen LogP contribution in [0.5, 0.6) is 0 Å². The maximum atomic E-state index is 12.4. The molecule has 2 heterocycles. The second kappa shape index (κ2) is 6.17. The van der Waals surface area contributed by atoms with Crippen molar-refractivity contribution in [3.8, 4) is 0 Å². The molecule has 1 aliphatic rings. The van der Waals surface area contributed by atoms with Gasteiger partial charge in [-0.1, -0.05) is 6.92 Å². The molecule has 1 atom stereocenters. The van der Waals surface area contributed by atoms with Crippen LogP contribution in [0.2, 0.25) is 0 Å². The van der Waals surface area contributed by atoms with E-state index in [1.807, 2.05) is 12.1 Å². The van der Waals surface area contributed by atoms with Crippen molar-refractivity contribution < 1.29 is 4.79 Å². The van der Waals surface area contributed by atoms with E-state index in [-0.39, 0.29) is 11.3 Å². The zero-order chi connectivity index (χ0) is 13.0. The fraction of sp³-hybridized carbons (Fsp3) is 0.615. The molecule has 2 N–H and O–H groups in total. The van der Waals surface area contributed by atoms with Crippen LogP contribution in [-0.2, 0) is 11.3 Å². The van der Waals surface area contributed by atoms with Crippen molar-refractivity contribution >= 4 is 33.2 Å². The summed E-state index contributed by atoms with van der Waals surface area (Å²) in [6.45, 7) is 4.58. The molecule has 1 aliphatic heterocycles. The Balaban J connectivity index is 1.93. The van der Waals surface area contributed by atoms with Crippen molar-refractivity contribution in [3.05, 3.63) is 20.8 Å². The van der Waals surface area contributed by atoms with Gasteiger partial charge in [0.1, 0.15) is 0 Å². The largest absolute Gasteiger partial charge is 0.351 e. The van der Waals surface area contributed by atoms with Crippen LogP contribution in [0.3, 0.4) is 0 Å². The van der Waals surface area contributed by atoms with Crippen molar-refractivity contribution in [1.82, 2.24) is 10.6 Å². The van der Waals surface area contributed by atoms with Crippen LogP contribution in [-0.4, -0.2) is 19.0 Å². The van der Waals surface area contributed by atoms with Gasteiger partial charge >= 0.3 is 0 Å². The fourth-order valence-electron chi connectivity index (χ4n) is 2.43. The van der Waals surface area contributed by atoms with Crippen molar-refractivity contribution in [1.29, 1.82) is 0 Å². The molecule has 5 heteroatoms. The van der Waals surface area contributed by atoms with E-state index in [2.05, 4.69) is 33.5 Å². The molecule has 3 nitrogen and oxygen atoms in total. The molecule has 0 spiro atoms. The van der Waals surface area contributed by atoms with Gasteiger partial charge in [-0.25, -0.2) is 0 Å². The molecule has 1 fully saturated rings. The van der Waals surface area contributed by atoms with Gasteiger partial charge in [0.25, 0.3) is 0 Å². The van der Waals surface area contributed by atoms with Crippen molar-refractivity contribution in [2.45, 2.75) is 32.7 Å². The molecular formula is C13H19BrN2OS. The summed E-state index contributed by atoms with van der Waals surface area (Å²) in [4.78, 5) is 13.6. The maximum Gasteiger partial charge on any atom is 0.227 e. The number of carbonyl (C=O) groups excluding carboxylic acids is 1. The number of piperidine rings is 1. The first-order valence-corrected chi connectivity index (χ1v) is 8.00. The molecule has 1 aromatic heterocycles. The minimum Gasteiger partial charge on any atom is -0.351 e. The normalized spacial score (nSPS) is 23.9. The van der Waals surface area contributed by atoms with Gasteiger partial charge < -0.3 is 10.6 Å². The predicted octanol–water partition coefficient (Wildman–Crippen LogP) is 2.91. The van der Waals surface area contributed by atoms with E-state index < -0.39 is 0 Å². The van der Waals surface area contributed by atoms with Crippen LogP contribution >= 0.6 is 27.3 Å². The number of hydrogen-bond acceptors (Lipinski definition) is 3. The minimum absolute atomic E-state index is 0.196. The SMILES string of the molecule is CCC1(C(=O)NCc2ccc(Br)s2)CCCNC1. The van der Waals surface area contributed by atoms with Gasteiger partial charge in [0.2, 0.25) is 5.91 Å². The fourth-order valence-corrected chi connectivity index (χ4v) is 3.85. The Labute approximate surface area is 120 Å². The number of halogens is 1. The van der Waals surface area contributed by atoms with Gasteiger partial charge in [-0.3, -0.25) is 4.79 Å². The van der Waals surface area contributed by atoms with E-state index in [1.165, 1.54) is 4.88 Å². The van der Waals surface area contributed by atoms with Crippen molar-refractivity contribution in [2.24, 2.45) is 5.41 Å². The van der Waals surface area contributed by atoms with Crippen LogP contribution in [0.15, 0.2) is 15.9 Å². The monoisotopic (exact) mass is 330 g/mol. The number of hydrogen-bond donors (Lipinski definition) is 2. The predicted molar refractivity (Wildman–Crippen MR) is 78.7 cm³/mol. The van der Waals surface area contributed by atoms with Crippen LogP contribution in [0.1, 0.15) is 31.1 Å². The van der Waals surface area contributed by atoms with Crippen molar-refractivity contribution in [3.63, 3.8) is 0 Å². The van der Waals surface area contributed by atoms with E-state index >= 15 is 0 Å². The number of amides is 1. The molecule has 0 aromatic carbocycles. The number of rotatable bonds is 4. The molecule has 1 aromatic rings. The smallest absolute Gasteiger partial charge is 0.227 e. The molecular weight excluding hydrogens is 312 g/mol. The molecule has 0 saturated carbocycles. The first-order chi connectivity index (χ1) is 8.66. The van der Waals surface area contributed by atoms with Crippen LogP contribution < -0.4 is 10.6 Å². The van der Waals surface area contributed by atoms with E-state index in [4.69, 9.17) is 0 Å². The third-order valence-electron chi connectivity index (χ3n) is 3.68. The molecule has 100 valence electrons. The van der Waals surface area contributed by atoms with Gasteiger partial charge in [-0.05, 0) is 53.9 Å². The third-order valence-corrected chi connectivity index (χ3v) is 5.31. The second-order valence-electron chi connectivity index (χ2n) is 4.80. The number of carbonyl (C=O) groups is 1. The topological polar surface area (TPSA) is 41.1 Å². The standard InChI is InChI=1S/C13H19BrN2OS/c1-2-13(6-3-7-15-9-13)12(17)16-8-10-4-5-11(14)18-10/h4-5,15H,2-3,6-9H2,1H3,(H,16,17). The highest BCUT2D eigenvalue weighted by Gasteiger charge is 2.37. The van der Waals surface area contributed by atoms with Gasteiger partial charge in [-0.2, -0.15) is 0 Å². The van der Waals surface area contributed by atoms with Gasteiger partial charge in [-0.15, -0.1) is 11.3 Å². The van der Waals surface area contributed by atoms with Gasteiger partial charge in [0.15, 0.2) is 0 Å². The average molecular weight is 331 g/mol. The first kappa shape index (κ1) is 14.0. The lowest BCUT2D eigenvalue weighted by Crippen LogP contribution is -2.49. The summed E-state index contributed by atoms with van der Waals surface area (Å²) in [6, 6.07) is 4.07. The molecule has 1 amide bonds. The quantitative estimate of drug-likeness (QED) is 0.891. The number of nitrogens with one attached hydrogen (secondary N) is 2. The Bertz CT molecular complexity index is 413. The zero-order valence-electron chi connectivity index (χ0n) is 10.6. The molecule has 0 aliphatic carbocycles. The van der Waals surface area contributed by atoms with Crippen LogP contribution in [0.25, 0.3) is 0 Å². The Morgan fingerprint density at radius 1 is 1.61 bits per heavy atom. The first-order valence-electron chi connectivity index (χ1n) is 6.39. The third kappa shape index (κ3) is 3.13. The summed E-state index contributed by atoms with van der Waals surface area (Å²) in [5, 5.41) is 6.43. The van der Waals surface area contributed by atoms with Crippen molar-refractivity contribution in [2.75, 3.05) is 13.1 Å². The summed E-state index contributed by atoms with van der Waals surface area (Å²) in [5.74, 6) is 0.196. The van der Waals surface area contributed by atoms with E-state index in [9.17, 15) is 4.79 Å². The highest BCUT2D eigenvalue weighted by atomic mass is 79.9. The lowest BCUT2D eigenvalue weighted by molar-refractivity contribution is -0.132. The highest BCUT2D eigenvalue weighted by molar-refractivity contribution is 9.11. The molecule has 1 saturated heterocycles. The van der Waals surface area contributed by atoms with E-state index in [0.717, 1.165) is 36.1 Å². The highest BCUT2D eigenvalue weighted by Crippen LogP contribution is 2.30. The van der Waals surface area contributed by atoms with E-state index in [0.29, 0.717) is 6.54 Å². The molecule has 1 unspecified atom stereocenters. The lowest BCUT2D eigenvalue weighted by Gasteiger charge is -2.35. The van der Waals surface area contributed by atoms with E-state index in [1.54, 1.807) is 11.3 Å². The molecule has 18 heavy (non-hydrogen) atoms. The van der Waals surface area contributed by atoms with Gasteiger partial charge in [0, 0.05) is 11.4 Å². The summed E-state index contributed by atoms with van der Waals surface area (Å²) in [5.41, 5.74) is -0.202. The summed E-state index contributed by atoms with van der Waals surface area (Å²) in [7, 11) is 0. The Hall–Kier alpha value is -0.390. The molecule has 2 rings (SSSR count). The summed E-state index contributed by atoms with van der Waals surface area (Å²) >= 11 is 5.11.